The molecule has 9 heteroatoms. The Morgan fingerprint density at radius 3 is 2.62 bits per heavy atom. The first-order valence-electron chi connectivity index (χ1n) is 8.72. The number of carbonyl (C=O) groups excluding carboxylic acids is 1. The van der Waals surface area contributed by atoms with Crippen molar-refractivity contribution < 1.29 is 19.8 Å². The van der Waals surface area contributed by atoms with Crippen molar-refractivity contribution in [2.24, 2.45) is 11.8 Å². The van der Waals surface area contributed by atoms with Gasteiger partial charge in [0.15, 0.2) is 0 Å². The first kappa shape index (κ1) is 19.5. The molecule has 0 aromatic rings. The summed E-state index contributed by atoms with van der Waals surface area (Å²) in [5.41, 5.74) is 0.0573. The molecule has 0 aromatic heterocycles. The summed E-state index contributed by atoms with van der Waals surface area (Å²) < 4.78 is 0. The molecule has 2 fully saturated rings. The van der Waals surface area contributed by atoms with Crippen molar-refractivity contribution in [3.8, 4) is 0 Å². The molecule has 5 unspecified atom stereocenters. The van der Waals surface area contributed by atoms with Gasteiger partial charge in [-0.15, -0.1) is 23.4 Å². The molecule has 0 saturated carbocycles. The molecule has 0 spiro atoms. The van der Waals surface area contributed by atoms with Gasteiger partial charge in [-0.25, -0.2) is 4.79 Å². The number of thioether (sulfide) groups is 1. The van der Waals surface area contributed by atoms with Gasteiger partial charge in [-0.05, 0) is 20.3 Å². The number of halogens is 1. The number of aliphatic carboxylic acids is 1. The maximum absolute atomic E-state index is 12.4. The number of amides is 1. The lowest BCUT2D eigenvalue weighted by Crippen LogP contribution is -2.63. The smallest absolute Gasteiger partial charge is 0.353 e. The molecule has 3 heterocycles. The summed E-state index contributed by atoms with van der Waals surface area (Å²) in [4.78, 5) is 28.2. The number of carbonyl (C=O) groups is 2. The number of carboxylic acid groups (broad SMARTS) is 1. The summed E-state index contributed by atoms with van der Waals surface area (Å²) in [6.45, 7) is 5.86. The van der Waals surface area contributed by atoms with Crippen molar-refractivity contribution in [1.82, 2.24) is 9.80 Å². The average molecular weight is 402 g/mol. The third-order valence-corrected chi connectivity index (χ3v) is 7.44. The van der Waals surface area contributed by atoms with E-state index in [2.05, 4.69) is 0 Å². The van der Waals surface area contributed by atoms with Crippen LogP contribution in [0.2, 0.25) is 0 Å². The van der Waals surface area contributed by atoms with Crippen LogP contribution in [-0.4, -0.2) is 73.6 Å². The number of alkyl halides is 1. The van der Waals surface area contributed by atoms with Crippen molar-refractivity contribution in [1.29, 1.82) is 5.41 Å². The Bertz CT molecular complexity index is 683. The second-order valence-electron chi connectivity index (χ2n) is 7.29. The monoisotopic (exact) mass is 401 g/mol. The highest BCUT2D eigenvalue weighted by Gasteiger charge is 2.60. The van der Waals surface area contributed by atoms with Gasteiger partial charge >= 0.3 is 5.97 Å². The SMILES string of the molecule is CC(=N)N1CC(SC2=C(C(=O)O)N3C(=O)C(C(C)O)[C@H]3C2C)CC1CCl. The van der Waals surface area contributed by atoms with Gasteiger partial charge in [0, 0.05) is 34.5 Å². The van der Waals surface area contributed by atoms with Gasteiger partial charge in [-0.2, -0.15) is 0 Å². The molecule has 3 N–H and O–H groups in total. The van der Waals surface area contributed by atoms with Gasteiger partial charge in [0.25, 0.3) is 0 Å². The number of hydrogen-bond acceptors (Lipinski definition) is 5. The Labute approximate surface area is 161 Å². The van der Waals surface area contributed by atoms with Crippen molar-refractivity contribution in [2.75, 3.05) is 12.4 Å². The Hall–Kier alpha value is -1.25. The summed E-state index contributed by atoms with van der Waals surface area (Å²) in [7, 11) is 0. The average Bonchev–Trinajstić information content (AvgIpc) is 3.06. The normalized spacial score (nSPS) is 34.8. The highest BCUT2D eigenvalue weighted by atomic mass is 35.5. The van der Waals surface area contributed by atoms with E-state index in [-0.39, 0.29) is 34.9 Å². The van der Waals surface area contributed by atoms with Crippen LogP contribution in [0.25, 0.3) is 0 Å². The van der Waals surface area contributed by atoms with E-state index < -0.39 is 18.0 Å². The van der Waals surface area contributed by atoms with Crippen LogP contribution >= 0.6 is 23.4 Å². The number of fused-ring (bicyclic) bond motifs is 1. The first-order valence-corrected chi connectivity index (χ1v) is 10.1. The fourth-order valence-electron chi connectivity index (χ4n) is 4.37. The molecule has 6 atom stereocenters. The number of amidine groups is 1. The third kappa shape index (κ3) is 2.92. The van der Waals surface area contributed by atoms with Gasteiger partial charge in [0.1, 0.15) is 5.70 Å². The summed E-state index contributed by atoms with van der Waals surface area (Å²) in [6.07, 6.45) is -0.0277. The van der Waals surface area contributed by atoms with Crippen LogP contribution in [0.1, 0.15) is 27.2 Å². The topological polar surface area (TPSA) is 105 Å². The van der Waals surface area contributed by atoms with E-state index in [1.165, 1.54) is 16.7 Å². The van der Waals surface area contributed by atoms with Crippen molar-refractivity contribution in [3.63, 3.8) is 0 Å². The van der Waals surface area contributed by atoms with Gasteiger partial charge in [0.05, 0.1) is 23.9 Å². The quantitative estimate of drug-likeness (QED) is 0.279. The molecule has 0 aliphatic carbocycles. The number of aliphatic hydroxyl groups is 1. The lowest BCUT2D eigenvalue weighted by atomic mass is 9.79. The Kier molecular flexibility index (Phi) is 5.29. The van der Waals surface area contributed by atoms with Crippen LogP contribution in [-0.2, 0) is 9.59 Å². The molecule has 0 aromatic carbocycles. The van der Waals surface area contributed by atoms with Crippen LogP contribution in [0.15, 0.2) is 10.6 Å². The second-order valence-corrected chi connectivity index (χ2v) is 8.94. The fourth-order valence-corrected chi connectivity index (χ4v) is 6.23. The van der Waals surface area contributed by atoms with Crippen LogP contribution in [0.5, 0.6) is 0 Å². The zero-order chi connectivity index (χ0) is 19.3. The minimum absolute atomic E-state index is 0.0573. The molecule has 3 rings (SSSR count). The van der Waals surface area contributed by atoms with E-state index in [0.717, 1.165) is 6.42 Å². The highest BCUT2D eigenvalue weighted by Crippen LogP contribution is 2.52. The first-order chi connectivity index (χ1) is 12.2. The standard InChI is InChI=1S/C17H24ClN3O4S/c1-7-13-12(8(2)22)16(23)21(13)14(17(24)25)15(7)26-11-4-10(5-18)20(6-11)9(3)19/h7-8,10-13,19,22H,4-6H2,1-3H3,(H,24,25)/t7?,8?,10?,11?,12?,13-/m1/s1. The van der Waals surface area contributed by atoms with E-state index in [0.29, 0.717) is 23.2 Å². The van der Waals surface area contributed by atoms with E-state index in [1.54, 1.807) is 13.8 Å². The van der Waals surface area contributed by atoms with E-state index >= 15 is 0 Å². The number of nitrogens with zero attached hydrogens (tertiary/aromatic N) is 2. The van der Waals surface area contributed by atoms with Gasteiger partial charge < -0.3 is 20.0 Å². The number of carboxylic acids is 1. The highest BCUT2D eigenvalue weighted by molar-refractivity contribution is 8.03. The zero-order valence-corrected chi connectivity index (χ0v) is 16.5. The molecule has 3 aliphatic rings. The number of β-lactam (4-membered cyclic amide) rings is 1. The summed E-state index contributed by atoms with van der Waals surface area (Å²) in [5, 5.41) is 27.6. The van der Waals surface area contributed by atoms with Crippen LogP contribution in [0.4, 0.5) is 0 Å². The van der Waals surface area contributed by atoms with E-state index in [4.69, 9.17) is 17.0 Å². The van der Waals surface area contributed by atoms with E-state index in [9.17, 15) is 19.8 Å². The minimum Gasteiger partial charge on any atom is -0.477 e. The molecular weight excluding hydrogens is 378 g/mol. The van der Waals surface area contributed by atoms with Crippen molar-refractivity contribution in [2.45, 2.75) is 50.6 Å². The predicted molar refractivity (Wildman–Crippen MR) is 100 cm³/mol. The number of hydrogen-bond donors (Lipinski definition) is 3. The van der Waals surface area contributed by atoms with E-state index in [1.807, 2.05) is 11.8 Å². The molecule has 1 amide bonds. The lowest BCUT2D eigenvalue weighted by molar-refractivity contribution is -0.163. The molecule has 2 saturated heterocycles. The Morgan fingerprint density at radius 2 is 2.15 bits per heavy atom. The number of likely N-dealkylation sites (tertiary alicyclic amines) is 1. The molecule has 7 nitrogen and oxygen atoms in total. The molecule has 0 bridgehead atoms. The molecule has 144 valence electrons. The fraction of sp³-hybridized carbons (Fsp3) is 0.706. The third-order valence-electron chi connectivity index (χ3n) is 5.59. The molecule has 26 heavy (non-hydrogen) atoms. The van der Waals surface area contributed by atoms with Gasteiger partial charge in [0.2, 0.25) is 5.91 Å². The molecular formula is C17H24ClN3O4S. The largest absolute Gasteiger partial charge is 0.477 e. The maximum atomic E-state index is 12.4. The number of nitrogens with one attached hydrogen (secondary N) is 1. The zero-order valence-electron chi connectivity index (χ0n) is 15.0. The van der Waals surface area contributed by atoms with Crippen LogP contribution in [0, 0.1) is 17.2 Å². The Balaban J connectivity index is 1.84. The van der Waals surface area contributed by atoms with Crippen molar-refractivity contribution in [3.05, 3.63) is 10.6 Å². The summed E-state index contributed by atoms with van der Waals surface area (Å²) >= 11 is 7.52. The second kappa shape index (κ2) is 7.05. The summed E-state index contributed by atoms with van der Waals surface area (Å²) in [5.74, 6) is -1.22. The lowest BCUT2D eigenvalue weighted by Gasteiger charge is -2.46. The molecule has 3 aliphatic heterocycles. The Morgan fingerprint density at radius 1 is 1.50 bits per heavy atom. The van der Waals surface area contributed by atoms with Gasteiger partial charge in [-0.3, -0.25) is 10.2 Å². The van der Waals surface area contributed by atoms with Crippen LogP contribution in [0.3, 0.4) is 0 Å². The predicted octanol–water partition coefficient (Wildman–Crippen LogP) is 1.55. The van der Waals surface area contributed by atoms with Crippen LogP contribution < -0.4 is 0 Å². The number of rotatable bonds is 5. The molecule has 0 radical (unpaired) electrons. The summed E-state index contributed by atoms with van der Waals surface area (Å²) in [6, 6.07) is -0.219. The van der Waals surface area contributed by atoms with Gasteiger partial charge in [-0.1, -0.05) is 6.92 Å². The maximum Gasteiger partial charge on any atom is 0.353 e. The number of aliphatic hydroxyl groups excluding tert-OH is 1. The van der Waals surface area contributed by atoms with Crippen molar-refractivity contribution >= 4 is 41.1 Å². The minimum atomic E-state index is -1.11.